The Labute approximate surface area is 146 Å². The molecule has 0 bridgehead atoms. The highest BCUT2D eigenvalue weighted by Crippen LogP contribution is 2.21. The Hall–Kier alpha value is -1.47. The molecule has 1 amide bonds. The Morgan fingerprint density at radius 2 is 2.00 bits per heavy atom. The number of halogens is 4. The van der Waals surface area contributed by atoms with Crippen molar-refractivity contribution in [3.63, 3.8) is 0 Å². The number of nitrogens with zero attached hydrogens (tertiary/aromatic N) is 1. The Bertz CT molecular complexity index is 496. The van der Waals surface area contributed by atoms with E-state index in [0.717, 1.165) is 5.56 Å². The summed E-state index contributed by atoms with van der Waals surface area (Å²) in [5.41, 5.74) is 1.00. The van der Waals surface area contributed by atoms with Crippen molar-refractivity contribution < 1.29 is 22.7 Å². The number of hydrogen-bond acceptors (Lipinski definition) is 3. The predicted molar refractivity (Wildman–Crippen MR) is 89.7 cm³/mol. The molecule has 0 spiro atoms. The van der Waals surface area contributed by atoms with Crippen LogP contribution >= 0.6 is 12.4 Å². The Morgan fingerprint density at radius 3 is 2.62 bits per heavy atom. The number of carbonyl (C=O) groups is 1. The molecule has 0 heterocycles. The standard InChI is InChI=1S/C16H23F3N2O2.ClH/c1-21(2)15(22)12-20-9-7-13-5-3-6-14(11-13)23-10-4-8-16(17,18)19;/h3,5-6,11,20H,4,7-10,12H2,1-2H3;1H. The molecule has 0 radical (unpaired) electrons. The van der Waals surface area contributed by atoms with Crippen molar-refractivity contribution in [2.45, 2.75) is 25.4 Å². The number of carbonyl (C=O) groups excluding carboxylic acids is 1. The van der Waals surface area contributed by atoms with Crippen LogP contribution in [0.15, 0.2) is 24.3 Å². The van der Waals surface area contributed by atoms with Gasteiger partial charge in [-0.05, 0) is 37.1 Å². The minimum Gasteiger partial charge on any atom is -0.494 e. The minimum absolute atomic E-state index is 0. The molecule has 0 unspecified atom stereocenters. The quantitative estimate of drug-likeness (QED) is 0.681. The van der Waals surface area contributed by atoms with Gasteiger partial charge in [-0.2, -0.15) is 13.2 Å². The summed E-state index contributed by atoms with van der Waals surface area (Å²) < 4.78 is 41.4. The molecule has 24 heavy (non-hydrogen) atoms. The molecular weight excluding hydrogens is 345 g/mol. The van der Waals surface area contributed by atoms with E-state index in [-0.39, 0.29) is 37.9 Å². The SMILES string of the molecule is CN(C)C(=O)CNCCc1cccc(OCCCC(F)(F)F)c1.Cl. The summed E-state index contributed by atoms with van der Waals surface area (Å²) in [6, 6.07) is 7.25. The van der Waals surface area contributed by atoms with E-state index in [0.29, 0.717) is 18.7 Å². The maximum Gasteiger partial charge on any atom is 0.389 e. The van der Waals surface area contributed by atoms with Crippen molar-refractivity contribution in [1.82, 2.24) is 10.2 Å². The number of likely N-dealkylation sites (N-methyl/N-ethyl adjacent to an activating group) is 1. The van der Waals surface area contributed by atoms with Gasteiger partial charge in [-0.25, -0.2) is 0 Å². The second-order valence-corrected chi connectivity index (χ2v) is 5.43. The second-order valence-electron chi connectivity index (χ2n) is 5.43. The number of amides is 1. The fraction of sp³-hybridized carbons (Fsp3) is 0.562. The summed E-state index contributed by atoms with van der Waals surface area (Å²) in [7, 11) is 3.40. The van der Waals surface area contributed by atoms with Crippen molar-refractivity contribution in [2.75, 3.05) is 33.8 Å². The molecule has 0 atom stereocenters. The lowest BCUT2D eigenvalue weighted by Crippen LogP contribution is -2.33. The molecule has 0 fully saturated rings. The highest BCUT2D eigenvalue weighted by Gasteiger charge is 2.26. The third kappa shape index (κ3) is 10.3. The molecular formula is C16H24ClF3N2O2. The van der Waals surface area contributed by atoms with Gasteiger partial charge in [-0.1, -0.05) is 12.1 Å². The second kappa shape index (κ2) is 11.1. The molecule has 4 nitrogen and oxygen atoms in total. The maximum absolute atomic E-state index is 12.0. The van der Waals surface area contributed by atoms with Gasteiger partial charge in [0.05, 0.1) is 13.2 Å². The average Bonchev–Trinajstić information content (AvgIpc) is 2.47. The first-order valence-electron chi connectivity index (χ1n) is 7.47. The molecule has 0 saturated carbocycles. The van der Waals surface area contributed by atoms with E-state index < -0.39 is 12.6 Å². The van der Waals surface area contributed by atoms with Crippen LogP contribution in [0.5, 0.6) is 5.75 Å². The number of hydrogen-bond donors (Lipinski definition) is 1. The summed E-state index contributed by atoms with van der Waals surface area (Å²) in [5, 5.41) is 3.05. The van der Waals surface area contributed by atoms with Gasteiger partial charge < -0.3 is 15.0 Å². The smallest absolute Gasteiger partial charge is 0.389 e. The van der Waals surface area contributed by atoms with Gasteiger partial charge in [-0.15, -0.1) is 12.4 Å². The zero-order chi connectivity index (χ0) is 17.3. The van der Waals surface area contributed by atoms with E-state index in [1.165, 1.54) is 4.90 Å². The van der Waals surface area contributed by atoms with Crippen LogP contribution in [0.2, 0.25) is 0 Å². The molecule has 1 aromatic carbocycles. The molecule has 8 heteroatoms. The third-order valence-corrected chi connectivity index (χ3v) is 3.14. The molecule has 1 N–H and O–H groups in total. The van der Waals surface area contributed by atoms with Crippen LogP contribution in [0, 0.1) is 0 Å². The van der Waals surface area contributed by atoms with Crippen LogP contribution in [0.3, 0.4) is 0 Å². The minimum atomic E-state index is -4.14. The van der Waals surface area contributed by atoms with Gasteiger partial charge in [0.1, 0.15) is 5.75 Å². The fourth-order valence-electron chi connectivity index (χ4n) is 1.84. The van der Waals surface area contributed by atoms with Crippen molar-refractivity contribution in [3.05, 3.63) is 29.8 Å². The lowest BCUT2D eigenvalue weighted by Gasteiger charge is -2.11. The molecule has 0 saturated heterocycles. The summed E-state index contributed by atoms with van der Waals surface area (Å²) in [4.78, 5) is 12.9. The predicted octanol–water partition coefficient (Wildman–Crippen LogP) is 3.05. The van der Waals surface area contributed by atoms with Gasteiger partial charge in [0, 0.05) is 20.5 Å². The van der Waals surface area contributed by atoms with Gasteiger partial charge in [0.2, 0.25) is 5.91 Å². The fourth-order valence-corrected chi connectivity index (χ4v) is 1.84. The van der Waals surface area contributed by atoms with Crippen molar-refractivity contribution >= 4 is 18.3 Å². The van der Waals surface area contributed by atoms with E-state index in [2.05, 4.69) is 5.32 Å². The van der Waals surface area contributed by atoms with Crippen LogP contribution in [-0.2, 0) is 11.2 Å². The van der Waals surface area contributed by atoms with E-state index >= 15 is 0 Å². The first kappa shape index (κ1) is 22.5. The first-order valence-corrected chi connectivity index (χ1v) is 7.47. The molecule has 0 aliphatic rings. The summed E-state index contributed by atoms with van der Waals surface area (Å²) in [6.07, 6.45) is -4.32. The third-order valence-electron chi connectivity index (χ3n) is 3.14. The summed E-state index contributed by atoms with van der Waals surface area (Å²) in [6.45, 7) is 0.955. The highest BCUT2D eigenvalue weighted by molar-refractivity contribution is 5.85. The van der Waals surface area contributed by atoms with E-state index in [1.54, 1.807) is 26.2 Å². The summed E-state index contributed by atoms with van der Waals surface area (Å²) >= 11 is 0. The van der Waals surface area contributed by atoms with E-state index in [4.69, 9.17) is 4.74 Å². The van der Waals surface area contributed by atoms with Crippen molar-refractivity contribution in [3.8, 4) is 5.75 Å². The van der Waals surface area contributed by atoms with Crippen LogP contribution < -0.4 is 10.1 Å². The zero-order valence-electron chi connectivity index (χ0n) is 13.9. The lowest BCUT2D eigenvalue weighted by atomic mass is 10.1. The molecule has 0 aliphatic heterocycles. The molecule has 138 valence electrons. The molecule has 0 aromatic heterocycles. The summed E-state index contributed by atoms with van der Waals surface area (Å²) in [5.74, 6) is 0.570. The number of benzene rings is 1. The first-order chi connectivity index (χ1) is 10.8. The number of nitrogens with one attached hydrogen (secondary N) is 1. The molecule has 1 rings (SSSR count). The lowest BCUT2D eigenvalue weighted by molar-refractivity contribution is -0.136. The molecule has 0 aliphatic carbocycles. The monoisotopic (exact) mass is 368 g/mol. The van der Waals surface area contributed by atoms with Gasteiger partial charge in [0.15, 0.2) is 0 Å². The maximum atomic E-state index is 12.0. The van der Waals surface area contributed by atoms with E-state index in [1.807, 2.05) is 12.1 Å². The average molecular weight is 369 g/mol. The normalized spacial score (nSPS) is 10.9. The van der Waals surface area contributed by atoms with Crippen LogP contribution in [0.25, 0.3) is 0 Å². The van der Waals surface area contributed by atoms with Gasteiger partial charge in [0.25, 0.3) is 0 Å². The van der Waals surface area contributed by atoms with Crippen molar-refractivity contribution in [1.29, 1.82) is 0 Å². The number of alkyl halides is 3. The van der Waals surface area contributed by atoms with Crippen LogP contribution in [0.4, 0.5) is 13.2 Å². The van der Waals surface area contributed by atoms with Gasteiger partial charge >= 0.3 is 6.18 Å². The Balaban J connectivity index is 0.00000529. The number of rotatable bonds is 9. The number of ether oxygens (including phenoxy) is 1. The van der Waals surface area contributed by atoms with Crippen molar-refractivity contribution in [2.24, 2.45) is 0 Å². The Kier molecular flexibility index (Phi) is 10.5. The zero-order valence-corrected chi connectivity index (χ0v) is 14.7. The highest BCUT2D eigenvalue weighted by atomic mass is 35.5. The van der Waals surface area contributed by atoms with E-state index in [9.17, 15) is 18.0 Å². The Morgan fingerprint density at radius 1 is 1.29 bits per heavy atom. The van der Waals surface area contributed by atoms with Crippen LogP contribution in [0.1, 0.15) is 18.4 Å². The largest absolute Gasteiger partial charge is 0.494 e. The van der Waals surface area contributed by atoms with Gasteiger partial charge in [-0.3, -0.25) is 4.79 Å². The topological polar surface area (TPSA) is 41.6 Å². The van der Waals surface area contributed by atoms with Crippen LogP contribution in [-0.4, -0.2) is 50.8 Å². The molecule has 1 aromatic rings.